The van der Waals surface area contributed by atoms with E-state index in [2.05, 4.69) is 10.6 Å². The average Bonchev–Trinajstić information content (AvgIpc) is 2.71. The highest BCUT2D eigenvalue weighted by atomic mass is 16.5. The van der Waals surface area contributed by atoms with Gasteiger partial charge in [-0.25, -0.2) is 4.79 Å². The summed E-state index contributed by atoms with van der Waals surface area (Å²) in [4.78, 5) is 35.4. The summed E-state index contributed by atoms with van der Waals surface area (Å²) in [6.07, 6.45) is 0.550. The van der Waals surface area contributed by atoms with E-state index in [1.807, 2.05) is 6.07 Å². The van der Waals surface area contributed by atoms with Gasteiger partial charge in [0.25, 0.3) is 5.91 Å². The summed E-state index contributed by atoms with van der Waals surface area (Å²) in [5.41, 5.74) is 1.52. The average molecular weight is 386 g/mol. The van der Waals surface area contributed by atoms with Crippen molar-refractivity contribution >= 4 is 23.5 Å². The summed E-state index contributed by atoms with van der Waals surface area (Å²) in [7, 11) is 4.34. The maximum atomic E-state index is 12.4. The number of anilines is 1. The van der Waals surface area contributed by atoms with Crippen molar-refractivity contribution in [3.05, 3.63) is 53.1 Å². The zero-order valence-electron chi connectivity index (χ0n) is 15.9. The second kappa shape index (κ2) is 9.40. The summed E-state index contributed by atoms with van der Waals surface area (Å²) in [5, 5.41) is 14.4. The van der Waals surface area contributed by atoms with Crippen LogP contribution < -0.4 is 20.1 Å². The lowest BCUT2D eigenvalue weighted by atomic mass is 10.1. The minimum absolute atomic E-state index is 0.0359. The van der Waals surface area contributed by atoms with Gasteiger partial charge in [-0.1, -0.05) is 12.1 Å². The van der Waals surface area contributed by atoms with E-state index >= 15 is 0 Å². The smallest absolute Gasteiger partial charge is 0.335 e. The van der Waals surface area contributed by atoms with Crippen molar-refractivity contribution in [2.24, 2.45) is 0 Å². The molecule has 0 saturated heterocycles. The number of hydrogen-bond acceptors (Lipinski definition) is 5. The van der Waals surface area contributed by atoms with Gasteiger partial charge in [-0.05, 0) is 36.2 Å². The molecule has 0 bridgehead atoms. The van der Waals surface area contributed by atoms with E-state index < -0.39 is 5.97 Å². The second-order valence-electron chi connectivity index (χ2n) is 5.89. The largest absolute Gasteiger partial charge is 0.493 e. The highest BCUT2D eigenvalue weighted by molar-refractivity contribution is 5.97. The van der Waals surface area contributed by atoms with Crippen molar-refractivity contribution in [3.63, 3.8) is 0 Å². The number of amides is 2. The Morgan fingerprint density at radius 3 is 2.39 bits per heavy atom. The van der Waals surface area contributed by atoms with E-state index in [0.717, 1.165) is 5.56 Å². The van der Waals surface area contributed by atoms with E-state index in [0.29, 0.717) is 12.0 Å². The van der Waals surface area contributed by atoms with Gasteiger partial charge in [0.15, 0.2) is 11.5 Å². The summed E-state index contributed by atoms with van der Waals surface area (Å²) >= 11 is 0. The fourth-order valence-corrected chi connectivity index (χ4v) is 2.66. The number of nitrogens with one attached hydrogen (secondary N) is 2. The van der Waals surface area contributed by atoms with Gasteiger partial charge in [-0.3, -0.25) is 9.59 Å². The maximum Gasteiger partial charge on any atom is 0.335 e. The molecule has 8 heteroatoms. The van der Waals surface area contributed by atoms with Crippen LogP contribution in [0.2, 0.25) is 0 Å². The molecular weight excluding hydrogens is 364 g/mol. The summed E-state index contributed by atoms with van der Waals surface area (Å²) in [6.45, 7) is 0. The molecule has 0 aliphatic carbocycles. The van der Waals surface area contributed by atoms with Crippen molar-refractivity contribution in [2.45, 2.75) is 12.8 Å². The Balaban J connectivity index is 2.14. The third kappa shape index (κ3) is 5.00. The predicted molar refractivity (Wildman–Crippen MR) is 103 cm³/mol. The van der Waals surface area contributed by atoms with Crippen molar-refractivity contribution in [3.8, 4) is 11.5 Å². The summed E-state index contributed by atoms with van der Waals surface area (Å²) in [5.74, 6) is -1.23. The van der Waals surface area contributed by atoms with Crippen molar-refractivity contribution in [1.82, 2.24) is 5.32 Å². The monoisotopic (exact) mass is 386 g/mol. The van der Waals surface area contributed by atoms with Crippen LogP contribution in [0.15, 0.2) is 36.4 Å². The van der Waals surface area contributed by atoms with Crippen LogP contribution in [0.4, 0.5) is 5.69 Å². The van der Waals surface area contributed by atoms with Crippen molar-refractivity contribution in [1.29, 1.82) is 0 Å². The third-order valence-electron chi connectivity index (χ3n) is 4.06. The van der Waals surface area contributed by atoms with Gasteiger partial charge >= 0.3 is 5.97 Å². The Labute approximate surface area is 162 Å². The number of methoxy groups -OCH3 is 2. The van der Waals surface area contributed by atoms with Crippen LogP contribution >= 0.6 is 0 Å². The summed E-state index contributed by atoms with van der Waals surface area (Å²) < 4.78 is 10.4. The Hall–Kier alpha value is -3.55. The van der Waals surface area contributed by atoms with Crippen molar-refractivity contribution < 1.29 is 29.0 Å². The Morgan fingerprint density at radius 2 is 1.79 bits per heavy atom. The van der Waals surface area contributed by atoms with Crippen LogP contribution in [0.3, 0.4) is 0 Å². The van der Waals surface area contributed by atoms with E-state index in [1.165, 1.54) is 26.4 Å². The Kier molecular flexibility index (Phi) is 6.97. The lowest BCUT2D eigenvalue weighted by molar-refractivity contribution is -0.116. The van der Waals surface area contributed by atoms with Crippen LogP contribution in [0.5, 0.6) is 11.5 Å². The maximum absolute atomic E-state index is 12.4. The van der Waals surface area contributed by atoms with E-state index in [1.54, 1.807) is 25.2 Å². The third-order valence-corrected chi connectivity index (χ3v) is 4.06. The number of carbonyl (C=O) groups is 3. The molecule has 3 N–H and O–H groups in total. The quantitative estimate of drug-likeness (QED) is 0.642. The van der Waals surface area contributed by atoms with E-state index in [9.17, 15) is 19.5 Å². The van der Waals surface area contributed by atoms with Crippen LogP contribution in [-0.4, -0.2) is 44.2 Å². The Morgan fingerprint density at radius 1 is 1.04 bits per heavy atom. The molecule has 0 heterocycles. The fourth-order valence-electron chi connectivity index (χ4n) is 2.66. The molecule has 0 aliphatic rings. The molecule has 0 unspecified atom stereocenters. The van der Waals surface area contributed by atoms with Gasteiger partial charge in [0, 0.05) is 19.0 Å². The molecule has 8 nitrogen and oxygen atoms in total. The number of carbonyl (C=O) groups excluding carboxylic acids is 2. The minimum Gasteiger partial charge on any atom is -0.493 e. The molecule has 0 atom stereocenters. The summed E-state index contributed by atoms with van der Waals surface area (Å²) in [6, 6.07) is 9.63. The molecule has 2 aromatic rings. The molecule has 0 fully saturated rings. The van der Waals surface area contributed by atoms with Crippen LogP contribution in [0.25, 0.3) is 0 Å². The molecule has 0 spiro atoms. The first-order valence-electron chi connectivity index (χ1n) is 8.49. The molecule has 0 aliphatic heterocycles. The van der Waals surface area contributed by atoms with Gasteiger partial charge in [0.05, 0.1) is 25.5 Å². The molecule has 2 aromatic carbocycles. The molecule has 0 radical (unpaired) electrons. The number of aromatic carboxylic acids is 1. The lowest BCUT2D eigenvalue weighted by Gasteiger charge is -2.15. The molecular formula is C20H22N2O6. The highest BCUT2D eigenvalue weighted by Gasteiger charge is 2.17. The number of benzene rings is 2. The first-order chi connectivity index (χ1) is 13.4. The number of aryl methyl sites for hydroxylation is 1. The fraction of sp³-hybridized carbons (Fsp3) is 0.250. The SMILES string of the molecule is CNC(=O)c1cccc(CCC(=O)Nc2cc(C(=O)O)cc(OC)c2OC)c1. The number of ether oxygens (including phenoxy) is 2. The van der Waals surface area contributed by atoms with Crippen LogP contribution in [0, 0.1) is 0 Å². The van der Waals surface area contributed by atoms with Gasteiger partial charge in [0.2, 0.25) is 5.91 Å². The van der Waals surface area contributed by atoms with Gasteiger partial charge in [-0.15, -0.1) is 0 Å². The zero-order chi connectivity index (χ0) is 20.7. The first kappa shape index (κ1) is 20.8. The second-order valence-corrected chi connectivity index (χ2v) is 5.89. The van der Waals surface area contributed by atoms with Crippen LogP contribution in [-0.2, 0) is 11.2 Å². The van der Waals surface area contributed by atoms with Crippen LogP contribution in [0.1, 0.15) is 32.7 Å². The molecule has 0 aromatic heterocycles. The molecule has 2 amide bonds. The van der Waals surface area contributed by atoms with Gasteiger partial charge in [0.1, 0.15) is 0 Å². The molecule has 148 valence electrons. The van der Waals surface area contributed by atoms with E-state index in [4.69, 9.17) is 9.47 Å². The zero-order valence-corrected chi connectivity index (χ0v) is 15.9. The number of carboxylic acids is 1. The Bertz CT molecular complexity index is 894. The molecule has 0 saturated carbocycles. The first-order valence-corrected chi connectivity index (χ1v) is 8.49. The van der Waals surface area contributed by atoms with E-state index in [-0.39, 0.29) is 41.0 Å². The van der Waals surface area contributed by atoms with Gasteiger partial charge in [-0.2, -0.15) is 0 Å². The lowest BCUT2D eigenvalue weighted by Crippen LogP contribution is -2.18. The number of rotatable bonds is 8. The van der Waals surface area contributed by atoms with Gasteiger partial charge < -0.3 is 25.2 Å². The normalized spacial score (nSPS) is 10.1. The molecule has 2 rings (SSSR count). The highest BCUT2D eigenvalue weighted by Crippen LogP contribution is 2.36. The topological polar surface area (TPSA) is 114 Å². The minimum atomic E-state index is -1.15. The predicted octanol–water partition coefficient (Wildman–Crippen LogP) is 2.33. The number of hydrogen-bond donors (Lipinski definition) is 3. The molecule has 28 heavy (non-hydrogen) atoms. The standard InChI is InChI=1S/C20H22N2O6/c1-21-19(24)13-6-4-5-12(9-13)7-8-17(23)22-15-10-14(20(25)26)11-16(27-2)18(15)28-3/h4-6,9-11H,7-8H2,1-3H3,(H,21,24)(H,22,23)(H,25,26). The van der Waals surface area contributed by atoms with Crippen molar-refractivity contribution in [2.75, 3.05) is 26.6 Å². The number of carboxylic acid groups (broad SMARTS) is 1.